The van der Waals surface area contributed by atoms with Crippen LogP contribution in [0.25, 0.3) is 0 Å². The van der Waals surface area contributed by atoms with Crippen LogP contribution in [0.4, 0.5) is 0 Å². The van der Waals surface area contributed by atoms with E-state index >= 15 is 0 Å². The molecule has 0 unspecified atom stereocenters. The second-order valence-electron chi connectivity index (χ2n) is 6.64. The average molecular weight is 299 g/mol. The van der Waals surface area contributed by atoms with Gasteiger partial charge in [-0.05, 0) is 65.5 Å². The predicted octanol–water partition coefficient (Wildman–Crippen LogP) is 2.43. The summed E-state index contributed by atoms with van der Waals surface area (Å²) in [5, 5.41) is 3.32. The summed E-state index contributed by atoms with van der Waals surface area (Å²) in [6.07, 6.45) is 4.30. The third-order valence-electron chi connectivity index (χ3n) is 3.43. The van der Waals surface area contributed by atoms with Gasteiger partial charge in [0.2, 0.25) is 0 Å². The third-order valence-corrected chi connectivity index (χ3v) is 3.43. The van der Waals surface area contributed by atoms with Gasteiger partial charge in [0.1, 0.15) is 5.60 Å². The highest BCUT2D eigenvalue weighted by Crippen LogP contribution is 2.16. The number of nitrogens with one attached hydrogen (secondary N) is 1. The van der Waals surface area contributed by atoms with Crippen molar-refractivity contribution in [1.82, 2.24) is 5.32 Å². The number of esters is 2. The van der Waals surface area contributed by atoms with Gasteiger partial charge in [-0.15, -0.1) is 0 Å². The normalized spacial score (nSPS) is 16.5. The van der Waals surface area contributed by atoms with Crippen LogP contribution >= 0.6 is 0 Å². The van der Waals surface area contributed by atoms with E-state index in [4.69, 9.17) is 9.47 Å². The van der Waals surface area contributed by atoms with Crippen molar-refractivity contribution in [1.29, 1.82) is 0 Å². The first kappa shape index (κ1) is 18.0. The van der Waals surface area contributed by atoms with Crippen LogP contribution in [0.3, 0.4) is 0 Å². The number of hydrogen-bond donors (Lipinski definition) is 1. The molecule has 0 atom stereocenters. The summed E-state index contributed by atoms with van der Waals surface area (Å²) in [6.45, 7) is 8.12. The minimum atomic E-state index is -0.466. The van der Waals surface area contributed by atoms with Crippen LogP contribution < -0.4 is 5.32 Å². The minimum absolute atomic E-state index is 0.215. The Morgan fingerprint density at radius 1 is 1.10 bits per heavy atom. The van der Waals surface area contributed by atoms with Gasteiger partial charge >= 0.3 is 11.9 Å². The van der Waals surface area contributed by atoms with Gasteiger partial charge in [0.15, 0.2) is 0 Å². The van der Waals surface area contributed by atoms with E-state index in [1.807, 2.05) is 20.8 Å². The van der Waals surface area contributed by atoms with Gasteiger partial charge in [0.05, 0.1) is 6.61 Å². The van der Waals surface area contributed by atoms with Gasteiger partial charge in [0.25, 0.3) is 0 Å². The maximum atomic E-state index is 11.6. The van der Waals surface area contributed by atoms with E-state index in [-0.39, 0.29) is 24.8 Å². The van der Waals surface area contributed by atoms with Crippen molar-refractivity contribution in [2.24, 2.45) is 5.92 Å². The maximum Gasteiger partial charge on any atom is 0.306 e. The van der Waals surface area contributed by atoms with Crippen LogP contribution in [0.5, 0.6) is 0 Å². The molecule has 0 aromatic heterocycles. The summed E-state index contributed by atoms with van der Waals surface area (Å²) in [4.78, 5) is 23.0. The van der Waals surface area contributed by atoms with Crippen molar-refractivity contribution in [3.8, 4) is 0 Å². The number of hydrogen-bond acceptors (Lipinski definition) is 5. The Balaban J connectivity index is 2.02. The van der Waals surface area contributed by atoms with Gasteiger partial charge in [-0.1, -0.05) is 0 Å². The fraction of sp³-hybridized carbons (Fsp3) is 0.875. The van der Waals surface area contributed by atoms with E-state index in [1.165, 1.54) is 0 Å². The summed E-state index contributed by atoms with van der Waals surface area (Å²) in [6, 6.07) is 0. The summed E-state index contributed by atoms with van der Waals surface area (Å²) >= 11 is 0. The van der Waals surface area contributed by atoms with Gasteiger partial charge < -0.3 is 14.8 Å². The Hall–Kier alpha value is -1.10. The molecule has 122 valence electrons. The second kappa shape index (κ2) is 9.03. The number of piperidine rings is 1. The first-order valence-corrected chi connectivity index (χ1v) is 7.95. The highest BCUT2D eigenvalue weighted by molar-refractivity contribution is 5.72. The Bertz CT molecular complexity index is 330. The molecule has 0 saturated carbocycles. The van der Waals surface area contributed by atoms with Gasteiger partial charge in [-0.2, -0.15) is 0 Å². The lowest BCUT2D eigenvalue weighted by molar-refractivity contribution is -0.155. The molecular weight excluding hydrogens is 270 g/mol. The van der Waals surface area contributed by atoms with Crippen molar-refractivity contribution < 1.29 is 19.1 Å². The second-order valence-corrected chi connectivity index (χ2v) is 6.64. The molecule has 0 bridgehead atoms. The lowest BCUT2D eigenvalue weighted by Crippen LogP contribution is -2.28. The van der Waals surface area contributed by atoms with Gasteiger partial charge in [0, 0.05) is 12.8 Å². The zero-order chi connectivity index (χ0) is 15.7. The Morgan fingerprint density at radius 3 is 2.33 bits per heavy atom. The van der Waals surface area contributed by atoms with Crippen molar-refractivity contribution in [2.75, 3.05) is 19.7 Å². The standard InChI is InChI=1S/C16H29NO4/c1-16(2,3)21-15(19)6-4-5-14(18)20-12-9-13-7-10-17-11-8-13/h13,17H,4-12H2,1-3H3. The van der Waals surface area contributed by atoms with Crippen molar-refractivity contribution in [3.63, 3.8) is 0 Å². The molecule has 5 nitrogen and oxygen atoms in total. The summed E-state index contributed by atoms with van der Waals surface area (Å²) in [5.41, 5.74) is -0.466. The molecule has 1 saturated heterocycles. The molecule has 0 radical (unpaired) electrons. The highest BCUT2D eigenvalue weighted by atomic mass is 16.6. The number of carbonyl (C=O) groups excluding carboxylic acids is 2. The maximum absolute atomic E-state index is 11.6. The largest absolute Gasteiger partial charge is 0.466 e. The van der Waals surface area contributed by atoms with Crippen LogP contribution in [0.2, 0.25) is 0 Å². The molecule has 0 aromatic carbocycles. The number of carbonyl (C=O) groups is 2. The molecule has 1 heterocycles. The highest BCUT2D eigenvalue weighted by Gasteiger charge is 2.17. The molecule has 5 heteroatoms. The molecule has 0 amide bonds. The van der Waals surface area contributed by atoms with Crippen LogP contribution in [-0.4, -0.2) is 37.2 Å². The number of rotatable bonds is 7. The summed E-state index contributed by atoms with van der Waals surface area (Å²) in [5.74, 6) is 0.193. The van der Waals surface area contributed by atoms with Gasteiger partial charge in [-0.3, -0.25) is 9.59 Å². The lowest BCUT2D eigenvalue weighted by atomic mass is 9.95. The molecule has 1 aliphatic heterocycles. The molecular formula is C16H29NO4. The van der Waals surface area contributed by atoms with E-state index in [2.05, 4.69) is 5.32 Å². The van der Waals surface area contributed by atoms with Crippen molar-refractivity contribution in [2.45, 2.75) is 64.9 Å². The zero-order valence-corrected chi connectivity index (χ0v) is 13.6. The van der Waals surface area contributed by atoms with Crippen molar-refractivity contribution >= 4 is 11.9 Å². The molecule has 1 rings (SSSR count). The van der Waals surface area contributed by atoms with E-state index in [9.17, 15) is 9.59 Å². The first-order chi connectivity index (χ1) is 9.87. The van der Waals surface area contributed by atoms with E-state index in [0.717, 1.165) is 32.4 Å². The van der Waals surface area contributed by atoms with Crippen LogP contribution in [0, 0.1) is 5.92 Å². The summed E-state index contributed by atoms with van der Waals surface area (Å²) < 4.78 is 10.4. The monoisotopic (exact) mass is 299 g/mol. The molecule has 0 aromatic rings. The van der Waals surface area contributed by atoms with Crippen LogP contribution in [0.1, 0.15) is 59.3 Å². The molecule has 0 spiro atoms. The van der Waals surface area contributed by atoms with E-state index in [0.29, 0.717) is 18.9 Å². The van der Waals surface area contributed by atoms with Gasteiger partial charge in [-0.25, -0.2) is 0 Å². The minimum Gasteiger partial charge on any atom is -0.466 e. The van der Waals surface area contributed by atoms with E-state index in [1.54, 1.807) is 0 Å². The number of ether oxygens (including phenoxy) is 2. The molecule has 1 fully saturated rings. The third kappa shape index (κ3) is 9.45. The molecule has 0 aliphatic carbocycles. The topological polar surface area (TPSA) is 64.6 Å². The first-order valence-electron chi connectivity index (χ1n) is 7.95. The fourth-order valence-electron chi connectivity index (χ4n) is 2.35. The quantitative estimate of drug-likeness (QED) is 0.731. The fourth-order valence-corrected chi connectivity index (χ4v) is 2.35. The Labute approximate surface area is 127 Å². The molecule has 1 aliphatic rings. The SMILES string of the molecule is CC(C)(C)OC(=O)CCCC(=O)OCCC1CCNCC1. The Morgan fingerprint density at radius 2 is 1.71 bits per heavy atom. The molecule has 1 N–H and O–H groups in total. The molecule has 21 heavy (non-hydrogen) atoms. The smallest absolute Gasteiger partial charge is 0.306 e. The van der Waals surface area contributed by atoms with E-state index < -0.39 is 5.60 Å². The van der Waals surface area contributed by atoms with Crippen LogP contribution in [0.15, 0.2) is 0 Å². The average Bonchev–Trinajstić information content (AvgIpc) is 2.38. The van der Waals surface area contributed by atoms with Crippen molar-refractivity contribution in [3.05, 3.63) is 0 Å². The summed E-state index contributed by atoms with van der Waals surface area (Å²) in [7, 11) is 0. The zero-order valence-electron chi connectivity index (χ0n) is 13.6. The van der Waals surface area contributed by atoms with Crippen LogP contribution in [-0.2, 0) is 19.1 Å². The lowest BCUT2D eigenvalue weighted by Gasteiger charge is -2.22. The Kier molecular flexibility index (Phi) is 7.72. The predicted molar refractivity (Wildman–Crippen MR) is 80.9 cm³/mol.